The molecule has 11 nitrogen and oxygen atoms in total. The fraction of sp³-hybridized carbons (Fsp3) is 0.346. The first-order chi connectivity index (χ1) is 17.9. The molecule has 38 heavy (non-hydrogen) atoms. The van der Waals surface area contributed by atoms with Crippen LogP contribution >= 0.6 is 15.9 Å². The summed E-state index contributed by atoms with van der Waals surface area (Å²) in [5.74, 6) is 5.26. The van der Waals surface area contributed by atoms with Crippen molar-refractivity contribution in [3.05, 3.63) is 64.1 Å². The molecule has 0 bridgehead atoms. The van der Waals surface area contributed by atoms with Crippen molar-refractivity contribution in [2.24, 2.45) is 0 Å². The molecule has 0 aliphatic carbocycles. The van der Waals surface area contributed by atoms with Crippen LogP contribution in [0.4, 0.5) is 10.6 Å². The van der Waals surface area contributed by atoms with Gasteiger partial charge in [0.25, 0.3) is 5.91 Å². The van der Waals surface area contributed by atoms with Gasteiger partial charge in [0.1, 0.15) is 17.1 Å². The van der Waals surface area contributed by atoms with Crippen molar-refractivity contribution in [3.8, 4) is 11.3 Å². The third kappa shape index (κ3) is 5.96. The van der Waals surface area contributed by atoms with E-state index in [9.17, 15) is 19.5 Å². The Labute approximate surface area is 228 Å². The molecule has 200 valence electrons. The molecule has 0 unspecified atom stereocenters. The number of nitrogen functional groups attached to an aromatic ring is 1. The fourth-order valence-electron chi connectivity index (χ4n) is 4.27. The van der Waals surface area contributed by atoms with Crippen LogP contribution < -0.4 is 11.2 Å². The van der Waals surface area contributed by atoms with E-state index < -0.39 is 23.7 Å². The SMILES string of the molecule is CC(C)(C)OC(=O)N1CCCC[C@H]1c1nc(-c2ccc(C(=O)Nc3cc(Br)ccn3)cc2)c(C(=O)O)n1N. The Morgan fingerprint density at radius 1 is 1.16 bits per heavy atom. The summed E-state index contributed by atoms with van der Waals surface area (Å²) in [6, 6.07) is 9.22. The van der Waals surface area contributed by atoms with Crippen molar-refractivity contribution in [3.63, 3.8) is 0 Å². The zero-order valence-electron chi connectivity index (χ0n) is 21.3. The molecule has 3 aromatic rings. The quantitative estimate of drug-likeness (QED) is 0.360. The molecular weight excluding hydrogens is 556 g/mol. The third-order valence-electron chi connectivity index (χ3n) is 5.95. The highest BCUT2D eigenvalue weighted by Crippen LogP contribution is 2.34. The lowest BCUT2D eigenvalue weighted by molar-refractivity contribution is 0.00821. The average Bonchev–Trinajstić information content (AvgIpc) is 3.20. The Hall–Kier alpha value is -3.93. The number of imidazole rings is 1. The number of aromatic nitrogens is 3. The van der Waals surface area contributed by atoms with Crippen molar-refractivity contribution in [1.82, 2.24) is 19.5 Å². The number of aromatic carboxylic acids is 1. The summed E-state index contributed by atoms with van der Waals surface area (Å²) in [6.07, 6.45) is 3.24. The molecule has 1 saturated heterocycles. The first-order valence-corrected chi connectivity index (χ1v) is 12.9. The van der Waals surface area contributed by atoms with Gasteiger partial charge in [-0.15, -0.1) is 0 Å². The van der Waals surface area contributed by atoms with Gasteiger partial charge in [-0.05, 0) is 64.3 Å². The topological polar surface area (TPSA) is 153 Å². The molecule has 4 rings (SSSR count). The lowest BCUT2D eigenvalue weighted by atomic mass is 10.0. The zero-order chi connectivity index (χ0) is 27.6. The number of hydrogen-bond acceptors (Lipinski definition) is 7. The summed E-state index contributed by atoms with van der Waals surface area (Å²) in [6.45, 7) is 5.80. The first kappa shape index (κ1) is 27.1. The normalized spacial score (nSPS) is 15.7. The predicted molar refractivity (Wildman–Crippen MR) is 144 cm³/mol. The summed E-state index contributed by atoms with van der Waals surface area (Å²) in [5.41, 5.74) is 0.0544. The number of halogens is 1. The highest BCUT2D eigenvalue weighted by molar-refractivity contribution is 9.10. The van der Waals surface area contributed by atoms with Crippen LogP contribution in [0.1, 0.15) is 72.7 Å². The van der Waals surface area contributed by atoms with E-state index in [1.165, 1.54) is 0 Å². The number of ether oxygens (including phenoxy) is 1. The largest absolute Gasteiger partial charge is 0.476 e. The van der Waals surface area contributed by atoms with Crippen molar-refractivity contribution in [2.75, 3.05) is 17.7 Å². The number of piperidine rings is 1. The van der Waals surface area contributed by atoms with Gasteiger partial charge in [0.05, 0.1) is 6.04 Å². The van der Waals surface area contributed by atoms with E-state index in [1.54, 1.807) is 68.3 Å². The molecule has 1 fully saturated rings. The Balaban J connectivity index is 1.64. The van der Waals surface area contributed by atoms with Crippen LogP contribution in [0.2, 0.25) is 0 Å². The summed E-state index contributed by atoms with van der Waals surface area (Å²) in [7, 11) is 0. The van der Waals surface area contributed by atoms with Crippen LogP contribution in [-0.2, 0) is 4.74 Å². The number of hydrogen-bond donors (Lipinski definition) is 3. The Morgan fingerprint density at radius 2 is 1.87 bits per heavy atom. The monoisotopic (exact) mass is 584 g/mol. The van der Waals surface area contributed by atoms with E-state index >= 15 is 0 Å². The minimum Gasteiger partial charge on any atom is -0.476 e. The van der Waals surface area contributed by atoms with Crippen molar-refractivity contribution in [2.45, 2.75) is 51.7 Å². The minimum absolute atomic E-state index is 0.144. The maximum Gasteiger partial charge on any atom is 0.410 e. The summed E-state index contributed by atoms with van der Waals surface area (Å²) >= 11 is 3.34. The zero-order valence-corrected chi connectivity index (χ0v) is 22.9. The lowest BCUT2D eigenvalue weighted by Gasteiger charge is -2.36. The number of benzene rings is 1. The number of carbonyl (C=O) groups is 3. The van der Waals surface area contributed by atoms with Crippen molar-refractivity contribution in [1.29, 1.82) is 0 Å². The molecule has 0 spiro atoms. The molecule has 2 amide bonds. The predicted octanol–water partition coefficient (Wildman–Crippen LogP) is 4.83. The van der Waals surface area contributed by atoms with Crippen LogP contribution in [-0.4, -0.2) is 54.8 Å². The number of carboxylic acids is 1. The van der Waals surface area contributed by atoms with Gasteiger partial charge in [0, 0.05) is 28.3 Å². The molecule has 12 heteroatoms. The molecule has 0 saturated carbocycles. The molecule has 1 aliphatic rings. The van der Waals surface area contributed by atoms with Gasteiger partial charge in [0.2, 0.25) is 0 Å². The van der Waals surface area contributed by atoms with Gasteiger partial charge in [-0.2, -0.15) is 0 Å². The number of carboxylic acid groups (broad SMARTS) is 1. The van der Waals surface area contributed by atoms with Gasteiger partial charge in [-0.3, -0.25) is 9.69 Å². The number of anilines is 1. The number of nitrogens with one attached hydrogen (secondary N) is 1. The Bertz CT molecular complexity index is 1370. The molecule has 1 atom stereocenters. The standard InChI is InChI=1S/C26H29BrN6O5/c1-26(2,3)38-25(37)32-13-5-4-6-18(32)22-31-20(21(24(35)36)33(22)28)15-7-9-16(10-8-15)23(34)30-19-14-17(27)11-12-29-19/h7-12,14,18H,4-6,13,28H2,1-3H3,(H,35,36)(H,29,30,34)/t18-/m0/s1. The summed E-state index contributed by atoms with van der Waals surface area (Å²) in [5, 5.41) is 12.7. The van der Waals surface area contributed by atoms with Crippen LogP contribution in [0.5, 0.6) is 0 Å². The number of amides is 2. The van der Waals surface area contributed by atoms with Gasteiger partial charge in [-0.1, -0.05) is 28.1 Å². The van der Waals surface area contributed by atoms with E-state index in [2.05, 4.69) is 31.2 Å². The minimum atomic E-state index is -1.26. The number of likely N-dealkylation sites (tertiary alicyclic amines) is 1. The summed E-state index contributed by atoms with van der Waals surface area (Å²) < 4.78 is 7.38. The van der Waals surface area contributed by atoms with Crippen molar-refractivity contribution >= 4 is 39.7 Å². The number of nitrogens with two attached hydrogens (primary N) is 1. The number of carbonyl (C=O) groups excluding carboxylic acids is 2. The Morgan fingerprint density at radius 3 is 2.50 bits per heavy atom. The maximum atomic E-state index is 12.9. The van der Waals surface area contributed by atoms with Crippen LogP contribution in [0, 0.1) is 0 Å². The van der Waals surface area contributed by atoms with Crippen LogP contribution in [0.15, 0.2) is 47.1 Å². The number of nitrogens with zero attached hydrogens (tertiary/aromatic N) is 4. The first-order valence-electron chi connectivity index (χ1n) is 12.1. The van der Waals surface area contributed by atoms with E-state index in [0.29, 0.717) is 29.9 Å². The lowest BCUT2D eigenvalue weighted by Crippen LogP contribution is -2.43. The molecule has 4 N–H and O–H groups in total. The second kappa shape index (κ2) is 10.8. The van der Waals surface area contributed by atoms with E-state index in [1.807, 2.05) is 0 Å². The van der Waals surface area contributed by atoms with Crippen LogP contribution in [0.3, 0.4) is 0 Å². The van der Waals surface area contributed by atoms with Gasteiger partial charge in [-0.25, -0.2) is 24.2 Å². The second-order valence-electron chi connectivity index (χ2n) is 9.92. The van der Waals surface area contributed by atoms with Crippen LogP contribution in [0.25, 0.3) is 11.3 Å². The highest BCUT2D eigenvalue weighted by atomic mass is 79.9. The van der Waals surface area contributed by atoms with Gasteiger partial charge in [0.15, 0.2) is 11.5 Å². The Kier molecular flexibility index (Phi) is 7.72. The van der Waals surface area contributed by atoms with E-state index in [0.717, 1.165) is 22.0 Å². The second-order valence-corrected chi connectivity index (χ2v) is 10.8. The fourth-order valence-corrected chi connectivity index (χ4v) is 4.61. The number of pyridine rings is 1. The molecule has 3 heterocycles. The maximum absolute atomic E-state index is 12.9. The molecule has 2 aromatic heterocycles. The number of rotatable bonds is 5. The molecule has 1 aliphatic heterocycles. The molecular formula is C26H29BrN6O5. The third-order valence-corrected chi connectivity index (χ3v) is 6.45. The van der Waals surface area contributed by atoms with Gasteiger partial charge >= 0.3 is 12.1 Å². The average molecular weight is 585 g/mol. The smallest absolute Gasteiger partial charge is 0.410 e. The highest BCUT2D eigenvalue weighted by Gasteiger charge is 2.36. The van der Waals surface area contributed by atoms with E-state index in [-0.39, 0.29) is 23.1 Å². The molecule has 1 aromatic carbocycles. The van der Waals surface area contributed by atoms with E-state index in [4.69, 9.17) is 10.6 Å². The summed E-state index contributed by atoms with van der Waals surface area (Å²) in [4.78, 5) is 48.0. The van der Waals surface area contributed by atoms with Crippen molar-refractivity contribution < 1.29 is 24.2 Å². The molecule has 0 radical (unpaired) electrons. The van der Waals surface area contributed by atoms with Gasteiger partial charge < -0.3 is 21.0 Å².